The number of rotatable bonds is 1. The van der Waals surface area contributed by atoms with Gasteiger partial charge in [0.25, 0.3) is 0 Å². The van der Waals surface area contributed by atoms with Crippen LogP contribution in [0.15, 0.2) is 6.20 Å². The summed E-state index contributed by atoms with van der Waals surface area (Å²) < 4.78 is 3.38. The predicted octanol–water partition coefficient (Wildman–Crippen LogP) is -0.0803. The van der Waals surface area contributed by atoms with Crippen LogP contribution in [0.3, 0.4) is 0 Å². The van der Waals surface area contributed by atoms with Crippen molar-refractivity contribution < 1.29 is 4.58 Å². The summed E-state index contributed by atoms with van der Waals surface area (Å²) in [6.45, 7) is 1.86. The number of halogens is 1. The van der Waals surface area contributed by atoms with Crippen molar-refractivity contribution >= 4 is 34.4 Å². The summed E-state index contributed by atoms with van der Waals surface area (Å²) in [6, 6.07) is 0.526. The van der Waals surface area contributed by atoms with Gasteiger partial charge in [-0.05, 0) is 0 Å². The summed E-state index contributed by atoms with van der Waals surface area (Å²) in [4.78, 5) is 0. The highest BCUT2D eigenvalue weighted by Crippen LogP contribution is 2.22. The molecule has 6 heteroatoms. The second-order valence-electron chi connectivity index (χ2n) is 3.51. The number of nitrogens with one attached hydrogen (secondary N) is 3. The number of guanidine groups is 1. The van der Waals surface area contributed by atoms with Crippen LogP contribution >= 0.6 is 22.6 Å². The third-order valence-electron chi connectivity index (χ3n) is 2.67. The van der Waals surface area contributed by atoms with Crippen molar-refractivity contribution in [1.29, 1.82) is 0 Å². The largest absolute Gasteiger partial charge is 0.310 e. The Kier molecular flexibility index (Phi) is 1.89. The zero-order valence-corrected chi connectivity index (χ0v) is 9.71. The molecule has 0 amide bonds. The molecule has 0 aliphatic carbocycles. The molecule has 0 saturated carbocycles. The molecule has 1 atom stereocenters. The van der Waals surface area contributed by atoms with Crippen LogP contribution in [-0.2, 0) is 6.54 Å². The third-order valence-corrected chi connectivity index (χ3v) is 3.69. The fraction of sp³-hybridized carbons (Fsp3) is 0.500. The zero-order valence-electron chi connectivity index (χ0n) is 7.55. The van der Waals surface area contributed by atoms with E-state index in [0.717, 1.165) is 29.3 Å². The predicted molar refractivity (Wildman–Crippen MR) is 61.0 cm³/mol. The lowest BCUT2D eigenvalue weighted by Crippen LogP contribution is -2.39. The quantitative estimate of drug-likeness (QED) is 0.386. The maximum atomic E-state index is 4.08. The molecule has 3 heterocycles. The lowest BCUT2D eigenvalue weighted by Gasteiger charge is -2.15. The van der Waals surface area contributed by atoms with Crippen LogP contribution < -0.4 is 10.6 Å². The van der Waals surface area contributed by atoms with Gasteiger partial charge in [-0.25, -0.2) is 9.67 Å². The molecule has 0 aromatic carbocycles. The Bertz CT molecular complexity index is 396. The number of fused-ring (bicyclic) bond motifs is 2. The van der Waals surface area contributed by atoms with Gasteiger partial charge in [-0.1, -0.05) is 22.6 Å². The van der Waals surface area contributed by atoms with Gasteiger partial charge in [0.15, 0.2) is 0 Å². The summed E-state index contributed by atoms with van der Waals surface area (Å²) in [5.41, 5.74) is 1.24. The number of hydrogen-bond donors (Lipinski definition) is 3. The standard InChI is InChI=1S/C8H10IN5/c9-1-6-4-11-8-10-2-5-3-12-13-7(5)14(6)8/h3,6H,1-2,4H2,(H2,10,11,12,13)/p+1. The Labute approximate surface area is 95.1 Å². The highest BCUT2D eigenvalue weighted by atomic mass is 127. The summed E-state index contributed by atoms with van der Waals surface area (Å²) >= 11 is 2.42. The molecular weight excluding hydrogens is 293 g/mol. The second-order valence-corrected chi connectivity index (χ2v) is 4.39. The molecule has 0 saturated heterocycles. The molecule has 1 unspecified atom stereocenters. The van der Waals surface area contributed by atoms with Gasteiger partial charge in [0.2, 0.25) is 5.82 Å². The van der Waals surface area contributed by atoms with Crippen molar-refractivity contribution in [2.45, 2.75) is 12.6 Å². The van der Waals surface area contributed by atoms with Crippen LogP contribution in [-0.4, -0.2) is 37.7 Å². The maximum Gasteiger partial charge on any atom is 0.310 e. The smallest absolute Gasteiger partial charge is 0.294 e. The Morgan fingerprint density at radius 3 is 3.36 bits per heavy atom. The summed E-state index contributed by atoms with van der Waals surface area (Å²) in [7, 11) is 0. The van der Waals surface area contributed by atoms with Gasteiger partial charge in [0, 0.05) is 4.43 Å². The minimum atomic E-state index is 0.526. The normalized spacial score (nSPS) is 23.9. The number of hydrogen-bond acceptors (Lipinski definition) is 3. The lowest BCUT2D eigenvalue weighted by atomic mass is 10.2. The molecule has 74 valence electrons. The molecule has 0 spiro atoms. The van der Waals surface area contributed by atoms with Gasteiger partial charge in [-0.3, -0.25) is 10.6 Å². The molecule has 0 fully saturated rings. The highest BCUT2D eigenvalue weighted by molar-refractivity contribution is 14.1. The molecule has 3 N–H and O–H groups in total. The van der Waals surface area contributed by atoms with Crippen molar-refractivity contribution in [3.8, 4) is 0 Å². The summed E-state index contributed by atoms with van der Waals surface area (Å²) in [5, 5.41) is 13.9. The van der Waals surface area contributed by atoms with Crippen molar-refractivity contribution in [3.63, 3.8) is 0 Å². The number of aromatic amines is 1. The fourth-order valence-corrected chi connectivity index (χ4v) is 2.67. The van der Waals surface area contributed by atoms with Crippen molar-refractivity contribution in [1.82, 2.24) is 20.8 Å². The van der Waals surface area contributed by atoms with E-state index in [1.165, 1.54) is 5.56 Å². The minimum absolute atomic E-state index is 0.526. The Balaban J connectivity index is 2.11. The first kappa shape index (κ1) is 8.51. The Hall–Kier alpha value is -0.790. The molecule has 3 rings (SSSR count). The molecule has 0 radical (unpaired) electrons. The Morgan fingerprint density at radius 1 is 1.57 bits per heavy atom. The zero-order chi connectivity index (χ0) is 9.54. The first-order valence-electron chi connectivity index (χ1n) is 4.62. The van der Waals surface area contributed by atoms with Gasteiger partial charge in [-0.15, -0.1) is 5.10 Å². The van der Waals surface area contributed by atoms with Crippen LogP contribution in [0.1, 0.15) is 5.56 Å². The molecule has 1 aromatic heterocycles. The molecule has 1 aromatic rings. The monoisotopic (exact) mass is 304 g/mol. The van der Waals surface area contributed by atoms with Crippen molar-refractivity contribution in [2.24, 2.45) is 0 Å². The van der Waals surface area contributed by atoms with Crippen molar-refractivity contribution in [3.05, 3.63) is 11.8 Å². The number of alkyl halides is 1. The van der Waals surface area contributed by atoms with E-state index >= 15 is 0 Å². The summed E-state index contributed by atoms with van der Waals surface area (Å²) in [6.07, 6.45) is 1.89. The van der Waals surface area contributed by atoms with E-state index in [9.17, 15) is 0 Å². The van der Waals surface area contributed by atoms with E-state index in [0.29, 0.717) is 6.04 Å². The van der Waals surface area contributed by atoms with Gasteiger partial charge in [0.1, 0.15) is 6.04 Å². The van der Waals surface area contributed by atoms with E-state index in [1.807, 2.05) is 6.20 Å². The highest BCUT2D eigenvalue weighted by Gasteiger charge is 2.35. The fourth-order valence-electron chi connectivity index (χ4n) is 1.96. The van der Waals surface area contributed by atoms with Gasteiger partial charge in [0.05, 0.1) is 24.8 Å². The van der Waals surface area contributed by atoms with Crippen LogP contribution in [0.25, 0.3) is 0 Å². The maximum absolute atomic E-state index is 4.08. The average Bonchev–Trinajstić information content (AvgIpc) is 2.82. The molecule has 0 bridgehead atoms. The number of aromatic nitrogens is 2. The Morgan fingerprint density at radius 2 is 2.50 bits per heavy atom. The molecule has 2 aliphatic rings. The van der Waals surface area contributed by atoms with Crippen LogP contribution in [0.4, 0.5) is 5.82 Å². The van der Waals surface area contributed by atoms with E-state index in [-0.39, 0.29) is 0 Å². The average molecular weight is 304 g/mol. The summed E-state index contributed by atoms with van der Waals surface area (Å²) in [5.74, 6) is 2.26. The van der Waals surface area contributed by atoms with E-state index < -0.39 is 0 Å². The minimum Gasteiger partial charge on any atom is -0.294 e. The molecule has 5 nitrogen and oxygen atoms in total. The third kappa shape index (κ3) is 1.06. The van der Waals surface area contributed by atoms with Crippen LogP contribution in [0.5, 0.6) is 0 Å². The molecular formula is C8H11IN5+. The lowest BCUT2D eigenvalue weighted by molar-refractivity contribution is -0.474. The van der Waals surface area contributed by atoms with E-state index in [4.69, 9.17) is 0 Å². The molecule has 2 aliphatic heterocycles. The second kappa shape index (κ2) is 3.11. The van der Waals surface area contributed by atoms with E-state index in [1.54, 1.807) is 0 Å². The van der Waals surface area contributed by atoms with Gasteiger partial charge in [-0.2, -0.15) is 0 Å². The van der Waals surface area contributed by atoms with Crippen molar-refractivity contribution in [2.75, 3.05) is 11.0 Å². The molecule has 14 heavy (non-hydrogen) atoms. The van der Waals surface area contributed by atoms with Crippen LogP contribution in [0.2, 0.25) is 0 Å². The first-order chi connectivity index (χ1) is 6.90. The number of nitrogens with zero attached hydrogens (tertiary/aromatic N) is 2. The SMILES string of the molecule is ICC1CNC2=[N+]1c1[nH]ncc1CN2. The van der Waals surface area contributed by atoms with Gasteiger partial charge >= 0.3 is 5.96 Å². The topological polar surface area (TPSA) is 55.8 Å². The number of H-pyrrole nitrogens is 1. The van der Waals surface area contributed by atoms with E-state index in [2.05, 4.69) is 48.0 Å². The van der Waals surface area contributed by atoms with Gasteiger partial charge < -0.3 is 0 Å². The first-order valence-corrected chi connectivity index (χ1v) is 6.15. The van der Waals surface area contributed by atoms with Crippen LogP contribution in [0, 0.1) is 0 Å².